The van der Waals surface area contributed by atoms with E-state index in [0.717, 1.165) is 137 Å². The molecule has 0 fully saturated rings. The number of phenols is 12. The van der Waals surface area contributed by atoms with Crippen molar-refractivity contribution in [3.05, 3.63) is 315 Å². The Labute approximate surface area is 780 Å². The van der Waals surface area contributed by atoms with Crippen molar-refractivity contribution >= 4 is 48.6 Å². The van der Waals surface area contributed by atoms with Crippen LogP contribution in [0.3, 0.4) is 0 Å². The van der Waals surface area contributed by atoms with Crippen molar-refractivity contribution in [2.24, 2.45) is 0 Å². The Hall–Kier alpha value is -13.3. The van der Waals surface area contributed by atoms with Crippen LogP contribution in [0.15, 0.2) is 231 Å². The Morgan fingerprint density at radius 2 is 0.542 bits per heavy atom. The van der Waals surface area contributed by atoms with Gasteiger partial charge in [-0.15, -0.1) is 0 Å². The Morgan fingerprint density at radius 1 is 0.229 bits per heavy atom. The highest BCUT2D eigenvalue weighted by Crippen LogP contribution is 2.41. The topological polar surface area (TPSA) is 280 Å². The Kier molecular flexibility index (Phi) is 45.8. The minimum absolute atomic E-state index is 0.0153. The first-order valence-electron chi connectivity index (χ1n) is 44.7. The van der Waals surface area contributed by atoms with Crippen LogP contribution in [0.5, 0.6) is 92.0 Å². The normalized spacial score (nSPS) is 11.6. The number of rotatable bonds is 38. The first kappa shape index (κ1) is 108. The van der Waals surface area contributed by atoms with Crippen LogP contribution in [0.4, 0.5) is 0 Å². The summed E-state index contributed by atoms with van der Waals surface area (Å²) in [6.45, 7) is 37.3. The van der Waals surface area contributed by atoms with Gasteiger partial charge in [-0.1, -0.05) is 195 Å². The molecule has 0 bridgehead atoms. The van der Waals surface area contributed by atoms with Crippen molar-refractivity contribution < 1.29 is 80.2 Å². The minimum Gasteiger partial charge on any atom is -0.508 e. The molecule has 16 heteroatoms. The second-order valence-corrected chi connectivity index (χ2v) is 34.8. The highest BCUT2D eigenvalue weighted by molar-refractivity contribution is 5.80. The number of benzene rings is 8. The summed E-state index contributed by atoms with van der Waals surface area (Å²) in [6, 6.07) is 28.5. The van der Waals surface area contributed by atoms with Gasteiger partial charge >= 0.3 is 0 Å². The van der Waals surface area contributed by atoms with Crippen molar-refractivity contribution in [1.29, 1.82) is 0 Å². The molecule has 0 amide bonds. The predicted octanol–water partition coefficient (Wildman–Crippen LogP) is 29.4. The van der Waals surface area contributed by atoms with Gasteiger partial charge in [0.15, 0.2) is 46.0 Å². The molecule has 0 aromatic heterocycles. The van der Waals surface area contributed by atoms with Crippen LogP contribution in [-0.2, 0) is 44.9 Å². The van der Waals surface area contributed by atoms with Crippen molar-refractivity contribution in [3.63, 3.8) is 0 Å². The fourth-order valence-corrected chi connectivity index (χ4v) is 13.8. The predicted molar refractivity (Wildman–Crippen MR) is 547 cm³/mol. The van der Waals surface area contributed by atoms with Crippen LogP contribution in [0.1, 0.15) is 259 Å². The number of ether oxygens (including phenoxy) is 4. The summed E-state index contributed by atoms with van der Waals surface area (Å²) < 4.78 is 22.4. The van der Waals surface area contributed by atoms with E-state index in [1.165, 1.54) is 74.9 Å². The number of aromatic hydroxyl groups is 12. The Balaban J connectivity index is 0.000000310. The summed E-state index contributed by atoms with van der Waals surface area (Å²) in [6.07, 6.45) is 50.7. The average Bonchev–Trinajstić information content (AvgIpc) is 0.819. The van der Waals surface area contributed by atoms with E-state index in [9.17, 15) is 61.3 Å². The summed E-state index contributed by atoms with van der Waals surface area (Å²) in [7, 11) is 6.63. The van der Waals surface area contributed by atoms with Gasteiger partial charge in [-0.25, -0.2) is 0 Å². The van der Waals surface area contributed by atoms with Crippen molar-refractivity contribution in [2.45, 2.75) is 221 Å². The van der Waals surface area contributed by atoms with E-state index in [4.69, 9.17) is 18.9 Å². The minimum atomic E-state index is -0.199. The number of allylic oxidation sites excluding steroid dienone is 22. The molecule has 0 saturated carbocycles. The number of methoxy groups -OCH3 is 4. The quantitative estimate of drug-likeness (QED) is 0.00974. The molecule has 8 aromatic carbocycles. The second-order valence-electron chi connectivity index (χ2n) is 34.8. The molecule has 0 aliphatic heterocycles. The van der Waals surface area contributed by atoms with Crippen LogP contribution in [-0.4, -0.2) is 89.7 Å². The first-order valence-corrected chi connectivity index (χ1v) is 44.7. The zero-order valence-corrected chi connectivity index (χ0v) is 81.4. The van der Waals surface area contributed by atoms with Gasteiger partial charge in [-0.05, 0) is 332 Å². The van der Waals surface area contributed by atoms with Crippen molar-refractivity contribution in [1.82, 2.24) is 0 Å². The molecule has 12 N–H and O–H groups in total. The van der Waals surface area contributed by atoms with Crippen LogP contribution in [0.25, 0.3) is 48.6 Å². The number of phenolic OH excluding ortho intramolecular Hbond substituents is 12. The third-order valence-corrected chi connectivity index (χ3v) is 21.6. The highest BCUT2D eigenvalue weighted by Gasteiger charge is 2.18. The van der Waals surface area contributed by atoms with Crippen LogP contribution >= 0.6 is 0 Å². The van der Waals surface area contributed by atoms with E-state index in [0.29, 0.717) is 82.5 Å². The molecule has 0 heterocycles. The van der Waals surface area contributed by atoms with Gasteiger partial charge in [0.05, 0.1) is 28.4 Å². The molecular weight excluding hydrogens is 1640 g/mol. The lowest BCUT2D eigenvalue weighted by Gasteiger charge is -2.14. The van der Waals surface area contributed by atoms with Gasteiger partial charge in [0, 0.05) is 57.1 Å². The SMILES string of the molecule is CC(C)=CCC/C(C)=C/Cc1c(O)cc(/C=C/c2ccc(O)c(O)c2)cc1O.CC(C)=CCC/C(C)=C/Cc1c(O)cc(O)cc1/C=C/c1ccc(O)c(O)c1CC=C(C)C.COc1cc(/C=C/c2cc(O)c(O)c(CC=C(C)C)c2)c(C/C=C(\C)CCC=C(C)C)c(OC)c1.COc1cc(/C=C/c2ccc(O)c(O)c2CC=C(C)C)c(C/C=C(\C)CCC=C(C)C)c(OC)c1. The Morgan fingerprint density at radius 3 is 0.931 bits per heavy atom. The van der Waals surface area contributed by atoms with Gasteiger partial charge in [-0.2, -0.15) is 0 Å². The molecule has 16 nitrogen and oxygen atoms in total. The molecule has 0 spiro atoms. The summed E-state index contributed by atoms with van der Waals surface area (Å²) >= 11 is 0. The van der Waals surface area contributed by atoms with Gasteiger partial charge in [0.1, 0.15) is 46.0 Å². The van der Waals surface area contributed by atoms with Crippen LogP contribution in [0.2, 0.25) is 0 Å². The highest BCUT2D eigenvalue weighted by atomic mass is 16.5. The molecule has 0 radical (unpaired) electrons. The molecular formula is C115H144O16. The average molecular weight is 1780 g/mol. The molecule has 131 heavy (non-hydrogen) atoms. The van der Waals surface area contributed by atoms with E-state index in [-0.39, 0.29) is 69.0 Å². The molecule has 0 atom stereocenters. The van der Waals surface area contributed by atoms with Gasteiger partial charge in [0.25, 0.3) is 0 Å². The first-order chi connectivity index (χ1) is 62.1. The van der Waals surface area contributed by atoms with E-state index in [1.54, 1.807) is 77.0 Å². The molecule has 0 aliphatic rings. The van der Waals surface area contributed by atoms with Gasteiger partial charge in [-0.3, -0.25) is 0 Å². The van der Waals surface area contributed by atoms with Crippen molar-refractivity contribution in [3.8, 4) is 92.0 Å². The molecule has 8 aromatic rings. The molecule has 700 valence electrons. The standard InChI is InChI=1S/2C31H40O4.C29H36O4.C24H28O4/c1-21(2)9-8-10-23(5)12-17-27-25(19-26(34-6)20-30(27)35-7)14-13-24-15-18-29(32)31(33)28(24)16-11-22(3)4;1-21(2)9-8-10-23(5)12-16-28-25(19-27(34-6)20-30(28)35-7)15-13-24-17-26(14-11-22(3)4)31(33)29(32)18-24;1-19(2)7-6-8-21(5)10-15-25-23(17-24(30)18-28(25)32)12-11-22-13-16-27(31)29(33)26(22)14-9-20(3)4;1-16(2)5-4-6-17(3)7-11-20-22(26)14-19(15-23(20)27)9-8-18-10-12-21(25)24(28)13-18/h9,11-15,18-20,32-33H,8,10,16-17H2,1-7H3;9,11-13,15,17-20,32-33H,8,10,14,16H2,1-7H3;7,9-13,16-18,30-33H,6,8,14-15H2,1-5H3;5,7-10,12-15,25-28H,4,6,11H2,1-3H3/b14-13+,23-12+;15-13+,23-12+;12-11+,21-10+;9-8+,17-7+. The van der Waals surface area contributed by atoms with Crippen molar-refractivity contribution in [2.75, 3.05) is 28.4 Å². The molecule has 0 aliphatic carbocycles. The lowest BCUT2D eigenvalue weighted by molar-refractivity contribution is 0.391. The third kappa shape index (κ3) is 38.1. The molecule has 0 unspecified atom stereocenters. The maximum atomic E-state index is 10.5. The fourth-order valence-electron chi connectivity index (χ4n) is 13.8. The lowest BCUT2D eigenvalue weighted by atomic mass is 9.97. The van der Waals surface area contributed by atoms with E-state index < -0.39 is 0 Å². The zero-order chi connectivity index (χ0) is 97.1. The lowest BCUT2D eigenvalue weighted by Crippen LogP contribution is -1.97. The van der Waals surface area contributed by atoms with Crippen LogP contribution in [0, 0.1) is 0 Å². The maximum absolute atomic E-state index is 10.5. The summed E-state index contributed by atoms with van der Waals surface area (Å²) in [5.74, 6) is 2.03. The van der Waals surface area contributed by atoms with Gasteiger partial charge < -0.3 is 80.2 Å². The Bertz CT molecular complexity index is 5620. The second kappa shape index (κ2) is 55.5. The number of hydrogen-bond acceptors (Lipinski definition) is 16. The molecule has 0 saturated heterocycles. The maximum Gasteiger partial charge on any atom is 0.161 e. The third-order valence-electron chi connectivity index (χ3n) is 21.6. The summed E-state index contributed by atoms with van der Waals surface area (Å²) in [5.41, 5.74) is 25.6. The van der Waals surface area contributed by atoms with Crippen LogP contribution < -0.4 is 18.9 Å². The largest absolute Gasteiger partial charge is 0.508 e. The fraction of sp³-hybridized carbons (Fsp3) is 0.322. The summed E-state index contributed by atoms with van der Waals surface area (Å²) in [5, 5.41) is 121. The summed E-state index contributed by atoms with van der Waals surface area (Å²) in [4.78, 5) is 0. The zero-order valence-electron chi connectivity index (χ0n) is 81.4. The van der Waals surface area contributed by atoms with E-state index in [2.05, 4.69) is 126 Å². The smallest absolute Gasteiger partial charge is 0.161 e. The van der Waals surface area contributed by atoms with E-state index >= 15 is 0 Å². The number of hydrogen-bond donors (Lipinski definition) is 12. The monoisotopic (exact) mass is 1780 g/mol. The van der Waals surface area contributed by atoms with E-state index in [1.807, 2.05) is 139 Å². The van der Waals surface area contributed by atoms with Gasteiger partial charge in [0.2, 0.25) is 0 Å². The molecule has 8 rings (SSSR count).